The predicted octanol–water partition coefficient (Wildman–Crippen LogP) is 2.55. The van der Waals surface area contributed by atoms with E-state index in [0.29, 0.717) is 12.1 Å². The highest BCUT2D eigenvalue weighted by atomic mass is 32.1. The van der Waals surface area contributed by atoms with E-state index in [2.05, 4.69) is 15.3 Å². The third-order valence-electron chi connectivity index (χ3n) is 2.78. The van der Waals surface area contributed by atoms with Gasteiger partial charge in [-0.25, -0.2) is 9.97 Å². The normalized spacial score (nSPS) is 10.3. The fraction of sp³-hybridized carbons (Fsp3) is 0.357. The van der Waals surface area contributed by atoms with Crippen LogP contribution in [0.4, 0.5) is 5.82 Å². The Balaban J connectivity index is 2.07. The summed E-state index contributed by atoms with van der Waals surface area (Å²) in [6.45, 7) is 5.25. The van der Waals surface area contributed by atoms with E-state index in [1.54, 1.807) is 41.6 Å². The van der Waals surface area contributed by atoms with Crippen LogP contribution in [0.5, 0.6) is 0 Å². The maximum absolute atomic E-state index is 12.4. The molecule has 0 aromatic carbocycles. The lowest BCUT2D eigenvalue weighted by molar-refractivity contribution is 0.0783. The standard InChI is InChI=1S/C14H18N4OS/c1-4-15-13-7-11(5-6-16-13)14(19)18(3)8-12-9-20-10(2)17-12/h5-7,9H,4,8H2,1-3H3,(H,15,16). The lowest BCUT2D eigenvalue weighted by Crippen LogP contribution is -2.26. The largest absolute Gasteiger partial charge is 0.370 e. The second-order valence-electron chi connectivity index (χ2n) is 4.48. The number of carbonyl (C=O) groups is 1. The number of anilines is 1. The van der Waals surface area contributed by atoms with E-state index in [1.165, 1.54) is 0 Å². The average molecular weight is 290 g/mol. The first kappa shape index (κ1) is 14.5. The Bertz CT molecular complexity index is 596. The molecule has 0 saturated carbocycles. The van der Waals surface area contributed by atoms with Crippen molar-refractivity contribution in [1.29, 1.82) is 0 Å². The van der Waals surface area contributed by atoms with Crippen molar-refractivity contribution in [2.45, 2.75) is 20.4 Å². The summed E-state index contributed by atoms with van der Waals surface area (Å²) < 4.78 is 0. The SMILES string of the molecule is CCNc1cc(C(=O)N(C)Cc2csc(C)n2)ccn1. The molecular formula is C14H18N4OS. The van der Waals surface area contributed by atoms with Gasteiger partial charge in [0, 0.05) is 30.7 Å². The number of amides is 1. The highest BCUT2D eigenvalue weighted by Crippen LogP contribution is 2.13. The molecule has 0 aliphatic rings. The molecular weight excluding hydrogens is 272 g/mol. The van der Waals surface area contributed by atoms with Gasteiger partial charge < -0.3 is 10.2 Å². The molecule has 106 valence electrons. The van der Waals surface area contributed by atoms with Crippen molar-refractivity contribution in [1.82, 2.24) is 14.9 Å². The first-order valence-electron chi connectivity index (χ1n) is 6.46. The highest BCUT2D eigenvalue weighted by Gasteiger charge is 2.14. The van der Waals surface area contributed by atoms with Crippen LogP contribution in [0.3, 0.4) is 0 Å². The van der Waals surface area contributed by atoms with E-state index in [9.17, 15) is 4.79 Å². The van der Waals surface area contributed by atoms with Gasteiger partial charge in [-0.1, -0.05) is 0 Å². The minimum Gasteiger partial charge on any atom is -0.370 e. The van der Waals surface area contributed by atoms with Crippen LogP contribution in [-0.4, -0.2) is 34.4 Å². The number of hydrogen-bond acceptors (Lipinski definition) is 5. The Kier molecular flexibility index (Phi) is 4.68. The minimum absolute atomic E-state index is 0.0304. The molecule has 0 unspecified atom stereocenters. The summed E-state index contributed by atoms with van der Waals surface area (Å²) in [7, 11) is 1.78. The van der Waals surface area contributed by atoms with Gasteiger partial charge in [0.1, 0.15) is 5.82 Å². The second kappa shape index (κ2) is 6.47. The van der Waals surface area contributed by atoms with E-state index in [4.69, 9.17) is 0 Å². The van der Waals surface area contributed by atoms with Crippen LogP contribution in [0.25, 0.3) is 0 Å². The second-order valence-corrected chi connectivity index (χ2v) is 5.54. The van der Waals surface area contributed by atoms with Crippen LogP contribution in [0.1, 0.15) is 28.0 Å². The molecule has 0 atom stereocenters. The Morgan fingerprint density at radius 1 is 1.50 bits per heavy atom. The number of carbonyl (C=O) groups excluding carboxylic acids is 1. The van der Waals surface area contributed by atoms with E-state index < -0.39 is 0 Å². The maximum atomic E-state index is 12.4. The zero-order valence-electron chi connectivity index (χ0n) is 11.9. The molecule has 0 aliphatic heterocycles. The molecule has 2 rings (SSSR count). The van der Waals surface area contributed by atoms with E-state index in [1.807, 2.05) is 19.2 Å². The van der Waals surface area contributed by atoms with Gasteiger partial charge in [-0.15, -0.1) is 11.3 Å². The number of aryl methyl sites for hydroxylation is 1. The Hall–Kier alpha value is -1.95. The van der Waals surface area contributed by atoms with Gasteiger partial charge in [0.25, 0.3) is 5.91 Å². The fourth-order valence-electron chi connectivity index (χ4n) is 1.86. The van der Waals surface area contributed by atoms with Gasteiger partial charge >= 0.3 is 0 Å². The molecule has 0 fully saturated rings. The quantitative estimate of drug-likeness (QED) is 0.919. The van der Waals surface area contributed by atoms with Gasteiger partial charge in [-0.05, 0) is 26.0 Å². The van der Waals surface area contributed by atoms with Crippen molar-refractivity contribution < 1.29 is 4.79 Å². The molecule has 0 saturated heterocycles. The van der Waals surface area contributed by atoms with Gasteiger partial charge in [-0.3, -0.25) is 4.79 Å². The first-order chi connectivity index (χ1) is 9.60. The van der Waals surface area contributed by atoms with Gasteiger partial charge in [0.15, 0.2) is 0 Å². The summed E-state index contributed by atoms with van der Waals surface area (Å²) >= 11 is 1.59. The molecule has 1 amide bonds. The lowest BCUT2D eigenvalue weighted by Gasteiger charge is -2.16. The van der Waals surface area contributed by atoms with Crippen molar-refractivity contribution >= 4 is 23.1 Å². The molecule has 0 aliphatic carbocycles. The van der Waals surface area contributed by atoms with Crippen LogP contribution >= 0.6 is 11.3 Å². The predicted molar refractivity (Wildman–Crippen MR) is 81.0 cm³/mol. The Morgan fingerprint density at radius 3 is 2.95 bits per heavy atom. The topological polar surface area (TPSA) is 58.1 Å². The Morgan fingerprint density at radius 2 is 2.30 bits per heavy atom. The number of thiazole rings is 1. The molecule has 6 heteroatoms. The highest BCUT2D eigenvalue weighted by molar-refractivity contribution is 7.09. The summed E-state index contributed by atoms with van der Waals surface area (Å²) in [4.78, 5) is 22.6. The molecule has 0 bridgehead atoms. The summed E-state index contributed by atoms with van der Waals surface area (Å²) in [6, 6.07) is 3.50. The average Bonchev–Trinajstić information content (AvgIpc) is 2.84. The molecule has 0 spiro atoms. The van der Waals surface area contributed by atoms with E-state index in [-0.39, 0.29) is 5.91 Å². The molecule has 1 N–H and O–H groups in total. The summed E-state index contributed by atoms with van der Waals surface area (Å²) in [6.07, 6.45) is 1.64. The van der Waals surface area contributed by atoms with Crippen molar-refractivity contribution in [3.63, 3.8) is 0 Å². The number of pyridine rings is 1. The van der Waals surface area contributed by atoms with Gasteiger partial charge in [0.05, 0.1) is 17.2 Å². The maximum Gasteiger partial charge on any atom is 0.254 e. The van der Waals surface area contributed by atoms with Crippen LogP contribution in [-0.2, 0) is 6.54 Å². The fourth-order valence-corrected chi connectivity index (χ4v) is 2.46. The number of rotatable bonds is 5. The Labute approximate surface area is 122 Å². The number of aromatic nitrogens is 2. The summed E-state index contributed by atoms with van der Waals surface area (Å²) in [5.41, 5.74) is 1.55. The van der Waals surface area contributed by atoms with E-state index >= 15 is 0 Å². The summed E-state index contributed by atoms with van der Waals surface area (Å²) in [5.74, 6) is 0.688. The zero-order valence-corrected chi connectivity index (χ0v) is 12.7. The van der Waals surface area contributed by atoms with Gasteiger partial charge in [-0.2, -0.15) is 0 Å². The molecule has 2 aromatic rings. The van der Waals surface area contributed by atoms with Crippen molar-refractivity contribution in [2.24, 2.45) is 0 Å². The summed E-state index contributed by atoms with van der Waals surface area (Å²) in [5, 5.41) is 6.10. The molecule has 0 radical (unpaired) electrons. The zero-order chi connectivity index (χ0) is 14.5. The molecule has 5 nitrogen and oxygen atoms in total. The van der Waals surface area contributed by atoms with Crippen LogP contribution in [0, 0.1) is 6.92 Å². The van der Waals surface area contributed by atoms with Crippen LogP contribution in [0.2, 0.25) is 0 Å². The van der Waals surface area contributed by atoms with Crippen molar-refractivity contribution in [3.8, 4) is 0 Å². The van der Waals surface area contributed by atoms with Crippen LogP contribution < -0.4 is 5.32 Å². The molecule has 20 heavy (non-hydrogen) atoms. The molecule has 2 aromatic heterocycles. The van der Waals surface area contributed by atoms with Crippen molar-refractivity contribution in [3.05, 3.63) is 40.0 Å². The monoisotopic (exact) mass is 290 g/mol. The minimum atomic E-state index is -0.0304. The third kappa shape index (κ3) is 3.54. The molecule has 2 heterocycles. The number of nitrogens with one attached hydrogen (secondary N) is 1. The lowest BCUT2D eigenvalue weighted by atomic mass is 10.2. The van der Waals surface area contributed by atoms with Crippen molar-refractivity contribution in [2.75, 3.05) is 18.9 Å². The smallest absolute Gasteiger partial charge is 0.254 e. The van der Waals surface area contributed by atoms with Crippen LogP contribution in [0.15, 0.2) is 23.7 Å². The third-order valence-corrected chi connectivity index (χ3v) is 3.60. The first-order valence-corrected chi connectivity index (χ1v) is 7.34. The number of nitrogens with zero attached hydrogens (tertiary/aromatic N) is 3. The van der Waals surface area contributed by atoms with Gasteiger partial charge in [0.2, 0.25) is 0 Å². The number of hydrogen-bond donors (Lipinski definition) is 1. The van der Waals surface area contributed by atoms with E-state index in [0.717, 1.165) is 23.1 Å².